The predicted octanol–water partition coefficient (Wildman–Crippen LogP) is 5.79. The highest BCUT2D eigenvalue weighted by atomic mass is 32.2. The number of pyridine rings is 1. The summed E-state index contributed by atoms with van der Waals surface area (Å²) in [5.41, 5.74) is 3.06. The molecule has 3 aromatic carbocycles. The van der Waals surface area contributed by atoms with Crippen LogP contribution in [0.25, 0.3) is 0 Å². The summed E-state index contributed by atoms with van der Waals surface area (Å²) < 4.78 is 45.9. The van der Waals surface area contributed by atoms with Gasteiger partial charge < -0.3 is 45.3 Å². The Morgan fingerprint density at radius 3 is 2.00 bits per heavy atom. The lowest BCUT2D eigenvalue weighted by Gasteiger charge is -2.35. The van der Waals surface area contributed by atoms with Crippen molar-refractivity contribution in [2.24, 2.45) is 5.92 Å². The lowest BCUT2D eigenvalue weighted by molar-refractivity contribution is -0.126. The molecule has 1 aliphatic carbocycles. The fraction of sp³-hybridized carbons (Fsp3) is 0.460. The van der Waals surface area contributed by atoms with E-state index in [0.717, 1.165) is 43.5 Å². The molecule has 0 radical (unpaired) electrons. The van der Waals surface area contributed by atoms with Gasteiger partial charge in [-0.25, -0.2) is 18.2 Å². The summed E-state index contributed by atoms with van der Waals surface area (Å²) >= 11 is 0. The van der Waals surface area contributed by atoms with E-state index in [9.17, 15) is 32.7 Å². The molecule has 0 unspecified atom stereocenters. The van der Waals surface area contributed by atoms with E-state index < -0.39 is 27.8 Å². The van der Waals surface area contributed by atoms with Crippen LogP contribution in [0.15, 0.2) is 89.8 Å². The SMILES string of the molecule is CCN(C1CCC(C(=O)NCCOCCOCCOCCO)CC1)S(=O)(=O)c1cccc(C(=O)Nc2ccc(N3CCCCC3)nc2C(=O)Nc2ccc(CCc3ccc(C(=O)O)cc3)cc2)c1. The Morgan fingerprint density at radius 2 is 1.37 bits per heavy atom. The number of nitrogens with zero attached hydrogens (tertiary/aromatic N) is 3. The average molecular weight is 957 g/mol. The highest BCUT2D eigenvalue weighted by molar-refractivity contribution is 7.89. The maximum Gasteiger partial charge on any atom is 0.335 e. The van der Waals surface area contributed by atoms with Crippen LogP contribution >= 0.6 is 0 Å². The number of hydrogen-bond donors (Lipinski definition) is 5. The highest BCUT2D eigenvalue weighted by Gasteiger charge is 2.35. The van der Waals surface area contributed by atoms with Crippen LogP contribution < -0.4 is 20.9 Å². The van der Waals surface area contributed by atoms with Crippen LogP contribution in [0, 0.1) is 5.92 Å². The Labute approximate surface area is 398 Å². The number of rotatable bonds is 25. The third-order valence-electron chi connectivity index (χ3n) is 12.2. The molecule has 3 amide bonds. The minimum absolute atomic E-state index is 0.00749. The molecule has 1 saturated carbocycles. The number of anilines is 3. The van der Waals surface area contributed by atoms with Crippen molar-refractivity contribution in [3.8, 4) is 0 Å². The second-order valence-corrected chi connectivity index (χ2v) is 18.7. The van der Waals surface area contributed by atoms with Gasteiger partial charge in [-0.3, -0.25) is 14.4 Å². The number of benzene rings is 3. The number of aromatic carboxylic acids is 1. The van der Waals surface area contributed by atoms with E-state index in [2.05, 4.69) is 20.9 Å². The van der Waals surface area contributed by atoms with Crippen molar-refractivity contribution < 1.29 is 52.0 Å². The number of aryl methyl sites for hydroxylation is 2. The molecular formula is C50H64N6O11S. The molecule has 18 heteroatoms. The second-order valence-electron chi connectivity index (χ2n) is 16.8. The van der Waals surface area contributed by atoms with E-state index in [1.165, 1.54) is 28.6 Å². The van der Waals surface area contributed by atoms with Gasteiger partial charge >= 0.3 is 5.97 Å². The van der Waals surface area contributed by atoms with Crippen LogP contribution in [0.3, 0.4) is 0 Å². The number of carboxylic acids is 1. The average Bonchev–Trinajstić information content (AvgIpc) is 3.36. The summed E-state index contributed by atoms with van der Waals surface area (Å²) in [5.74, 6) is -1.83. The predicted molar refractivity (Wildman–Crippen MR) is 258 cm³/mol. The molecule has 68 heavy (non-hydrogen) atoms. The number of carboxylic acid groups (broad SMARTS) is 1. The maximum absolute atomic E-state index is 14.2. The van der Waals surface area contributed by atoms with E-state index in [-0.39, 0.29) is 65.0 Å². The van der Waals surface area contributed by atoms with Crippen molar-refractivity contribution in [2.75, 3.05) is 88.0 Å². The zero-order valence-electron chi connectivity index (χ0n) is 38.7. The molecule has 2 heterocycles. The highest BCUT2D eigenvalue weighted by Crippen LogP contribution is 2.32. The fourth-order valence-corrected chi connectivity index (χ4v) is 10.2. The van der Waals surface area contributed by atoms with Crippen molar-refractivity contribution in [3.63, 3.8) is 0 Å². The van der Waals surface area contributed by atoms with Gasteiger partial charge in [0.15, 0.2) is 5.69 Å². The first-order chi connectivity index (χ1) is 33.0. The van der Waals surface area contributed by atoms with Crippen molar-refractivity contribution in [2.45, 2.75) is 75.6 Å². The monoisotopic (exact) mass is 956 g/mol. The van der Waals surface area contributed by atoms with Crippen LogP contribution in [0.2, 0.25) is 0 Å². The zero-order chi connectivity index (χ0) is 48.3. The van der Waals surface area contributed by atoms with E-state index in [4.69, 9.17) is 24.3 Å². The molecule has 1 saturated heterocycles. The largest absolute Gasteiger partial charge is 0.478 e. The number of ether oxygens (including phenoxy) is 3. The van der Waals surface area contributed by atoms with Crippen LogP contribution in [0.1, 0.15) is 94.2 Å². The number of carbonyl (C=O) groups is 4. The first kappa shape index (κ1) is 51.6. The lowest BCUT2D eigenvalue weighted by atomic mass is 9.85. The summed E-state index contributed by atoms with van der Waals surface area (Å²) in [6.07, 6.45) is 6.57. The van der Waals surface area contributed by atoms with E-state index in [1.807, 2.05) is 12.1 Å². The molecule has 17 nitrogen and oxygen atoms in total. The van der Waals surface area contributed by atoms with Gasteiger partial charge in [-0.05, 0) is 124 Å². The summed E-state index contributed by atoms with van der Waals surface area (Å²) in [5, 5.41) is 26.6. The minimum atomic E-state index is -4.04. The van der Waals surface area contributed by atoms with E-state index in [0.29, 0.717) is 89.6 Å². The Morgan fingerprint density at radius 1 is 0.735 bits per heavy atom. The number of nitrogens with one attached hydrogen (secondary N) is 3. The molecule has 2 aliphatic rings. The Bertz CT molecular complexity index is 2390. The van der Waals surface area contributed by atoms with E-state index in [1.54, 1.807) is 55.5 Å². The number of sulfonamides is 1. The molecule has 0 bridgehead atoms. The van der Waals surface area contributed by atoms with Gasteiger partial charge in [0.1, 0.15) is 5.82 Å². The summed E-state index contributed by atoms with van der Waals surface area (Å²) in [6, 6.07) is 23.1. The summed E-state index contributed by atoms with van der Waals surface area (Å²) in [4.78, 5) is 58.9. The zero-order valence-corrected chi connectivity index (χ0v) is 39.5. The normalized spacial score (nSPS) is 16.3. The van der Waals surface area contributed by atoms with Gasteiger partial charge in [0.05, 0.1) is 62.4 Å². The van der Waals surface area contributed by atoms with Crippen molar-refractivity contribution in [1.82, 2.24) is 14.6 Å². The number of aromatic nitrogens is 1. The second kappa shape index (κ2) is 26.1. The number of carbonyl (C=O) groups excluding carboxylic acids is 3. The number of aliphatic hydroxyl groups is 1. The number of hydrogen-bond acceptors (Lipinski definition) is 12. The molecule has 0 spiro atoms. The fourth-order valence-electron chi connectivity index (χ4n) is 8.44. The van der Waals surface area contributed by atoms with Crippen molar-refractivity contribution >= 4 is 50.9 Å². The van der Waals surface area contributed by atoms with Crippen LogP contribution in [-0.2, 0) is 41.9 Å². The smallest absolute Gasteiger partial charge is 0.335 e. The minimum Gasteiger partial charge on any atom is -0.478 e. The molecule has 2 fully saturated rings. The Hall–Kier alpha value is -5.76. The number of aliphatic hydroxyl groups excluding tert-OH is 1. The third kappa shape index (κ3) is 14.9. The van der Waals surface area contributed by atoms with Crippen molar-refractivity contribution in [3.05, 3.63) is 113 Å². The Kier molecular flexibility index (Phi) is 19.8. The Balaban J connectivity index is 1.05. The standard InChI is InChI=1S/C50H64N6O11S/c1-2-56(42-21-17-38(18-22-42)47(58)51-25-29-65-31-33-67-34-32-66-30-28-57)68(63,64)43-8-6-7-40(35-43)48(59)53-44-23-24-45(55-26-4-3-5-27-55)54-46(44)49(60)52-41-19-13-37(14-20-41)10-9-36-11-15-39(16-12-36)50(61)62/h6-8,11-16,19-20,23-24,35,38,42,57H,2-5,9-10,17-18,21-22,25-34H2,1H3,(H,51,58)(H,52,60)(H,53,59)(H,61,62). The number of piperidine rings is 1. The van der Waals surface area contributed by atoms with Crippen LogP contribution in [0.5, 0.6) is 0 Å². The molecule has 5 N–H and O–H groups in total. The third-order valence-corrected chi connectivity index (χ3v) is 14.2. The van der Waals surface area contributed by atoms with Gasteiger partial charge in [0.25, 0.3) is 11.8 Å². The number of amides is 3. The van der Waals surface area contributed by atoms with Gasteiger partial charge in [-0.15, -0.1) is 0 Å². The van der Waals surface area contributed by atoms with Gasteiger partial charge in [0, 0.05) is 49.4 Å². The van der Waals surface area contributed by atoms with Crippen LogP contribution in [0.4, 0.5) is 17.2 Å². The van der Waals surface area contributed by atoms with Gasteiger partial charge in [-0.1, -0.05) is 37.3 Å². The summed E-state index contributed by atoms with van der Waals surface area (Å²) in [6.45, 7) is 6.04. The first-order valence-corrected chi connectivity index (χ1v) is 24.9. The lowest BCUT2D eigenvalue weighted by Crippen LogP contribution is -2.44. The molecule has 366 valence electrons. The maximum atomic E-state index is 14.2. The molecular weight excluding hydrogens is 893 g/mol. The molecule has 1 aromatic heterocycles. The molecule has 0 atom stereocenters. The molecule has 6 rings (SSSR count). The topological polar surface area (TPSA) is 226 Å². The molecule has 1 aliphatic heterocycles. The van der Waals surface area contributed by atoms with Gasteiger partial charge in [0.2, 0.25) is 15.9 Å². The van der Waals surface area contributed by atoms with Crippen LogP contribution in [-0.4, -0.2) is 130 Å². The first-order valence-electron chi connectivity index (χ1n) is 23.5. The van der Waals surface area contributed by atoms with E-state index >= 15 is 0 Å². The van der Waals surface area contributed by atoms with Gasteiger partial charge in [-0.2, -0.15) is 4.31 Å². The molecule has 4 aromatic rings. The van der Waals surface area contributed by atoms with Crippen molar-refractivity contribution in [1.29, 1.82) is 0 Å². The quantitative estimate of drug-likeness (QED) is 0.0497. The summed E-state index contributed by atoms with van der Waals surface area (Å²) in [7, 11) is -4.04.